The van der Waals surface area contributed by atoms with Crippen molar-refractivity contribution >= 4 is 17.5 Å². The molecule has 0 atom stereocenters. The first-order chi connectivity index (χ1) is 12.2. The summed E-state index contributed by atoms with van der Waals surface area (Å²) in [5.74, 6) is -0.247. The molecule has 0 saturated heterocycles. The van der Waals surface area contributed by atoms with Crippen molar-refractivity contribution in [2.24, 2.45) is 0 Å². The molecule has 0 unspecified atom stereocenters. The molecule has 0 aliphatic rings. The van der Waals surface area contributed by atoms with Gasteiger partial charge in [-0.1, -0.05) is 42.5 Å². The Morgan fingerprint density at radius 1 is 0.846 bits per heavy atom. The second-order valence-electron chi connectivity index (χ2n) is 7.46. The average molecular weight is 353 g/mol. The molecule has 138 valence electrons. The van der Waals surface area contributed by atoms with E-state index < -0.39 is 0 Å². The van der Waals surface area contributed by atoms with Crippen molar-refractivity contribution in [2.45, 2.75) is 26.3 Å². The molecular formula is C21H27N3O2. The Hall–Kier alpha value is -2.66. The highest BCUT2D eigenvalue weighted by atomic mass is 16.2. The van der Waals surface area contributed by atoms with Crippen LogP contribution in [0.5, 0.6) is 0 Å². The fourth-order valence-electron chi connectivity index (χ4n) is 2.58. The van der Waals surface area contributed by atoms with Gasteiger partial charge in [-0.05, 0) is 51.1 Å². The van der Waals surface area contributed by atoms with E-state index in [1.165, 1.54) is 0 Å². The largest absolute Gasteiger partial charge is 0.350 e. The highest BCUT2D eigenvalue weighted by molar-refractivity contribution is 5.92. The van der Waals surface area contributed by atoms with E-state index in [1.807, 2.05) is 75.4 Å². The number of amides is 2. The number of likely N-dealkylation sites (N-methyl/N-ethyl adjacent to an activating group) is 1. The summed E-state index contributed by atoms with van der Waals surface area (Å²) in [6.45, 7) is 6.11. The number of benzene rings is 2. The van der Waals surface area contributed by atoms with Crippen LogP contribution in [0.1, 0.15) is 20.8 Å². The van der Waals surface area contributed by atoms with E-state index in [1.54, 1.807) is 11.9 Å². The predicted octanol–water partition coefficient (Wildman–Crippen LogP) is 3.14. The van der Waals surface area contributed by atoms with E-state index in [4.69, 9.17) is 0 Å². The topological polar surface area (TPSA) is 61.4 Å². The van der Waals surface area contributed by atoms with Crippen molar-refractivity contribution in [3.05, 3.63) is 54.6 Å². The fraction of sp³-hybridized carbons (Fsp3) is 0.333. The van der Waals surface area contributed by atoms with E-state index in [2.05, 4.69) is 10.6 Å². The third-order valence-electron chi connectivity index (χ3n) is 3.62. The molecule has 0 saturated carbocycles. The van der Waals surface area contributed by atoms with Gasteiger partial charge in [0.15, 0.2) is 0 Å². The Kier molecular flexibility index (Phi) is 6.52. The molecular weight excluding hydrogens is 326 g/mol. The lowest BCUT2D eigenvalue weighted by Gasteiger charge is -2.23. The quantitative estimate of drug-likeness (QED) is 0.839. The van der Waals surface area contributed by atoms with Gasteiger partial charge in [-0.15, -0.1) is 0 Å². The van der Waals surface area contributed by atoms with Crippen molar-refractivity contribution in [1.29, 1.82) is 0 Å². The standard InChI is InChI=1S/C21H27N3O2/c1-21(2,3)23-20(26)15-24(4)14-19(25)22-18-12-10-17(11-13-18)16-8-6-5-7-9-16/h5-13H,14-15H2,1-4H3,(H,22,25)(H,23,26). The zero-order chi connectivity index (χ0) is 19.2. The van der Waals surface area contributed by atoms with Crippen LogP contribution in [-0.2, 0) is 9.59 Å². The monoisotopic (exact) mass is 353 g/mol. The third-order valence-corrected chi connectivity index (χ3v) is 3.62. The molecule has 2 amide bonds. The van der Waals surface area contributed by atoms with Crippen molar-refractivity contribution in [3.63, 3.8) is 0 Å². The summed E-state index contributed by atoms with van der Waals surface area (Å²) in [4.78, 5) is 25.7. The normalized spacial score (nSPS) is 11.3. The number of rotatable bonds is 6. The van der Waals surface area contributed by atoms with E-state index in [0.29, 0.717) is 0 Å². The maximum atomic E-state index is 12.2. The third kappa shape index (κ3) is 6.69. The minimum Gasteiger partial charge on any atom is -0.350 e. The molecule has 0 heterocycles. The van der Waals surface area contributed by atoms with Gasteiger partial charge in [0, 0.05) is 11.2 Å². The second-order valence-corrected chi connectivity index (χ2v) is 7.46. The minimum atomic E-state index is -0.277. The number of carbonyl (C=O) groups excluding carboxylic acids is 2. The molecule has 0 aliphatic heterocycles. The lowest BCUT2D eigenvalue weighted by atomic mass is 10.1. The number of hydrogen-bond acceptors (Lipinski definition) is 3. The first-order valence-corrected chi connectivity index (χ1v) is 8.68. The van der Waals surface area contributed by atoms with Crippen LogP contribution in [0.25, 0.3) is 11.1 Å². The number of anilines is 1. The van der Waals surface area contributed by atoms with Gasteiger partial charge in [-0.3, -0.25) is 14.5 Å². The Morgan fingerprint density at radius 3 is 1.96 bits per heavy atom. The van der Waals surface area contributed by atoms with Gasteiger partial charge >= 0.3 is 0 Å². The van der Waals surface area contributed by atoms with Crippen molar-refractivity contribution in [1.82, 2.24) is 10.2 Å². The van der Waals surface area contributed by atoms with Gasteiger partial charge < -0.3 is 10.6 Å². The van der Waals surface area contributed by atoms with Crippen molar-refractivity contribution in [2.75, 3.05) is 25.5 Å². The molecule has 0 fully saturated rings. The van der Waals surface area contributed by atoms with Crippen LogP contribution >= 0.6 is 0 Å². The van der Waals surface area contributed by atoms with Crippen molar-refractivity contribution < 1.29 is 9.59 Å². The molecule has 5 nitrogen and oxygen atoms in total. The van der Waals surface area contributed by atoms with Crippen LogP contribution < -0.4 is 10.6 Å². The maximum absolute atomic E-state index is 12.2. The molecule has 0 radical (unpaired) electrons. The Bertz CT molecular complexity index is 734. The molecule has 5 heteroatoms. The summed E-state index contributed by atoms with van der Waals surface area (Å²) < 4.78 is 0. The average Bonchev–Trinajstić information content (AvgIpc) is 2.54. The number of nitrogens with one attached hydrogen (secondary N) is 2. The zero-order valence-corrected chi connectivity index (χ0v) is 15.9. The second kappa shape index (κ2) is 8.63. The highest BCUT2D eigenvalue weighted by Crippen LogP contribution is 2.20. The zero-order valence-electron chi connectivity index (χ0n) is 15.9. The molecule has 2 N–H and O–H groups in total. The van der Waals surface area contributed by atoms with Crippen molar-refractivity contribution in [3.8, 4) is 11.1 Å². The van der Waals surface area contributed by atoms with Gasteiger partial charge in [-0.25, -0.2) is 0 Å². The summed E-state index contributed by atoms with van der Waals surface area (Å²) in [6.07, 6.45) is 0. The van der Waals surface area contributed by atoms with Crippen LogP contribution in [0.15, 0.2) is 54.6 Å². The van der Waals surface area contributed by atoms with E-state index in [-0.39, 0.29) is 30.4 Å². The fourth-order valence-corrected chi connectivity index (χ4v) is 2.58. The first kappa shape index (κ1) is 19.7. The van der Waals surface area contributed by atoms with Gasteiger partial charge in [-0.2, -0.15) is 0 Å². The molecule has 0 spiro atoms. The van der Waals surface area contributed by atoms with Gasteiger partial charge in [0.05, 0.1) is 13.1 Å². The summed E-state index contributed by atoms with van der Waals surface area (Å²) in [6, 6.07) is 17.8. The Morgan fingerprint density at radius 2 is 1.38 bits per heavy atom. The molecule has 2 aromatic rings. The Labute approximate surface area is 155 Å². The lowest BCUT2D eigenvalue weighted by molar-refractivity contribution is -0.124. The number of hydrogen-bond donors (Lipinski definition) is 2. The number of carbonyl (C=O) groups is 2. The van der Waals surface area contributed by atoms with Crippen LogP contribution in [0, 0.1) is 0 Å². The molecule has 0 bridgehead atoms. The van der Waals surface area contributed by atoms with Crippen LogP contribution in [0.3, 0.4) is 0 Å². The molecule has 0 aromatic heterocycles. The smallest absolute Gasteiger partial charge is 0.238 e. The lowest BCUT2D eigenvalue weighted by Crippen LogP contribution is -2.46. The summed E-state index contributed by atoms with van der Waals surface area (Å²) in [7, 11) is 1.75. The number of nitrogens with zero attached hydrogens (tertiary/aromatic N) is 1. The van der Waals surface area contributed by atoms with Crippen LogP contribution in [0.2, 0.25) is 0 Å². The van der Waals surface area contributed by atoms with E-state index >= 15 is 0 Å². The van der Waals surface area contributed by atoms with E-state index in [9.17, 15) is 9.59 Å². The maximum Gasteiger partial charge on any atom is 0.238 e. The van der Waals surface area contributed by atoms with Gasteiger partial charge in [0.2, 0.25) is 11.8 Å². The highest BCUT2D eigenvalue weighted by Gasteiger charge is 2.16. The van der Waals surface area contributed by atoms with Gasteiger partial charge in [0.1, 0.15) is 0 Å². The molecule has 2 aromatic carbocycles. The Balaban J connectivity index is 1.85. The molecule has 26 heavy (non-hydrogen) atoms. The van der Waals surface area contributed by atoms with Gasteiger partial charge in [0.25, 0.3) is 0 Å². The predicted molar refractivity (Wildman–Crippen MR) is 106 cm³/mol. The minimum absolute atomic E-state index is 0.0972. The summed E-state index contributed by atoms with van der Waals surface area (Å²) in [5, 5.41) is 5.74. The van der Waals surface area contributed by atoms with Crippen LogP contribution in [0.4, 0.5) is 5.69 Å². The molecule has 2 rings (SSSR count). The summed E-state index contributed by atoms with van der Waals surface area (Å²) >= 11 is 0. The van der Waals surface area contributed by atoms with Crippen LogP contribution in [-0.4, -0.2) is 42.4 Å². The SMILES string of the molecule is CN(CC(=O)Nc1ccc(-c2ccccc2)cc1)CC(=O)NC(C)(C)C. The molecule has 0 aliphatic carbocycles. The summed E-state index contributed by atoms with van der Waals surface area (Å²) in [5.41, 5.74) is 2.69. The van der Waals surface area contributed by atoms with E-state index in [0.717, 1.165) is 16.8 Å². The first-order valence-electron chi connectivity index (χ1n) is 8.68.